The Hall–Kier alpha value is -1.97. The lowest BCUT2D eigenvalue weighted by atomic mass is 10.1. The van der Waals surface area contributed by atoms with Gasteiger partial charge in [0.15, 0.2) is 0 Å². The van der Waals surface area contributed by atoms with Gasteiger partial charge in [-0.2, -0.15) is 5.10 Å². The average Bonchev–Trinajstić information content (AvgIpc) is 2.71. The van der Waals surface area contributed by atoms with Crippen molar-refractivity contribution < 1.29 is 4.74 Å². The minimum atomic E-state index is 0.712. The maximum absolute atomic E-state index is 5.96. The summed E-state index contributed by atoms with van der Waals surface area (Å²) >= 11 is 0. The normalized spacial score (nSPS) is 10.5. The van der Waals surface area contributed by atoms with Crippen molar-refractivity contribution in [3.8, 4) is 17.0 Å². The van der Waals surface area contributed by atoms with Crippen molar-refractivity contribution in [1.29, 1.82) is 0 Å². The Balaban J connectivity index is 2.31. The van der Waals surface area contributed by atoms with Gasteiger partial charge in [-0.15, -0.1) is 0 Å². The summed E-state index contributed by atoms with van der Waals surface area (Å²) in [5.74, 6) is 0.834. The van der Waals surface area contributed by atoms with E-state index in [1.54, 1.807) is 7.11 Å². The van der Waals surface area contributed by atoms with Crippen LogP contribution in [0.5, 0.6) is 5.75 Å². The molecule has 0 amide bonds. The molecule has 0 radical (unpaired) electrons. The van der Waals surface area contributed by atoms with Gasteiger partial charge in [0.05, 0.1) is 12.8 Å². The molecule has 4 nitrogen and oxygen atoms in total. The summed E-state index contributed by atoms with van der Waals surface area (Å²) in [5, 5.41) is 4.48. The molecule has 1 aromatic heterocycles. The predicted molar refractivity (Wildman–Crippen MR) is 68.9 cm³/mol. The molecule has 1 heterocycles. The van der Waals surface area contributed by atoms with Crippen molar-refractivity contribution in [1.82, 2.24) is 9.78 Å². The molecule has 2 rings (SSSR count). The first-order valence-electron chi connectivity index (χ1n) is 5.72. The number of hydrogen-bond donors (Lipinski definition) is 1. The van der Waals surface area contributed by atoms with Crippen LogP contribution < -0.4 is 10.5 Å². The van der Waals surface area contributed by atoms with Crippen LogP contribution >= 0.6 is 0 Å². The van der Waals surface area contributed by atoms with Crippen LogP contribution in [0.25, 0.3) is 11.3 Å². The molecule has 0 unspecified atom stereocenters. The van der Waals surface area contributed by atoms with Crippen LogP contribution in [0.2, 0.25) is 0 Å². The van der Waals surface area contributed by atoms with Gasteiger partial charge in [-0.1, -0.05) is 6.92 Å². The number of methoxy groups -OCH3 is 1. The topological polar surface area (TPSA) is 53.1 Å². The predicted octanol–water partition coefficient (Wildman–Crippen LogP) is 2.55. The summed E-state index contributed by atoms with van der Waals surface area (Å²) in [4.78, 5) is 0. The van der Waals surface area contributed by atoms with Crippen molar-refractivity contribution in [3.63, 3.8) is 0 Å². The number of aromatic nitrogens is 2. The summed E-state index contributed by atoms with van der Waals surface area (Å²) in [7, 11) is 1.65. The van der Waals surface area contributed by atoms with Crippen molar-refractivity contribution >= 4 is 5.69 Å². The summed E-state index contributed by atoms with van der Waals surface area (Å²) < 4.78 is 7.01. The van der Waals surface area contributed by atoms with E-state index < -0.39 is 0 Å². The van der Waals surface area contributed by atoms with Gasteiger partial charge in [0.25, 0.3) is 0 Å². The zero-order valence-electron chi connectivity index (χ0n) is 10.2. The molecule has 0 aliphatic carbocycles. The molecule has 0 saturated carbocycles. The zero-order valence-corrected chi connectivity index (χ0v) is 10.2. The molecular formula is C13H17N3O. The van der Waals surface area contributed by atoms with Crippen LogP contribution in [0.15, 0.2) is 30.5 Å². The molecular weight excluding hydrogens is 214 g/mol. The quantitative estimate of drug-likeness (QED) is 0.879. The van der Waals surface area contributed by atoms with E-state index in [-0.39, 0.29) is 0 Å². The standard InChI is InChI=1S/C13H17N3O/c1-3-8-16-9-12(14)13(15-16)10-4-6-11(17-2)7-5-10/h4-7,9H,3,8,14H2,1-2H3. The molecule has 17 heavy (non-hydrogen) atoms. The van der Waals surface area contributed by atoms with Gasteiger partial charge in [0, 0.05) is 18.3 Å². The highest BCUT2D eigenvalue weighted by atomic mass is 16.5. The molecule has 2 aromatic rings. The van der Waals surface area contributed by atoms with E-state index in [1.165, 1.54) is 0 Å². The van der Waals surface area contributed by atoms with Gasteiger partial charge >= 0.3 is 0 Å². The Morgan fingerprint density at radius 2 is 2.00 bits per heavy atom. The van der Waals surface area contributed by atoms with Crippen LogP contribution in [-0.4, -0.2) is 16.9 Å². The number of benzene rings is 1. The number of ether oxygens (including phenoxy) is 1. The highest BCUT2D eigenvalue weighted by Crippen LogP contribution is 2.25. The largest absolute Gasteiger partial charge is 0.497 e. The minimum absolute atomic E-state index is 0.712. The zero-order chi connectivity index (χ0) is 12.3. The smallest absolute Gasteiger partial charge is 0.118 e. The summed E-state index contributed by atoms with van der Waals surface area (Å²) in [6.45, 7) is 3.01. The fourth-order valence-electron chi connectivity index (χ4n) is 1.75. The number of hydrogen-bond acceptors (Lipinski definition) is 3. The van der Waals surface area contributed by atoms with Crippen LogP contribution in [0.3, 0.4) is 0 Å². The van der Waals surface area contributed by atoms with Gasteiger partial charge in [-0.25, -0.2) is 0 Å². The van der Waals surface area contributed by atoms with Crippen LogP contribution in [-0.2, 0) is 6.54 Å². The van der Waals surface area contributed by atoms with Gasteiger partial charge in [-0.3, -0.25) is 4.68 Å². The third-order valence-corrected chi connectivity index (χ3v) is 2.61. The first kappa shape index (κ1) is 11.5. The van der Waals surface area contributed by atoms with Gasteiger partial charge in [0.2, 0.25) is 0 Å². The Morgan fingerprint density at radius 1 is 1.29 bits per heavy atom. The molecule has 0 fully saturated rings. The fraction of sp³-hybridized carbons (Fsp3) is 0.308. The van der Waals surface area contributed by atoms with Crippen molar-refractivity contribution in [2.75, 3.05) is 12.8 Å². The van der Waals surface area contributed by atoms with Crippen molar-refractivity contribution in [2.24, 2.45) is 0 Å². The summed E-state index contributed by atoms with van der Waals surface area (Å²) in [6.07, 6.45) is 2.92. The summed E-state index contributed by atoms with van der Waals surface area (Å²) in [6, 6.07) is 7.75. The molecule has 0 aliphatic rings. The van der Waals surface area contributed by atoms with E-state index in [1.807, 2.05) is 35.1 Å². The van der Waals surface area contributed by atoms with Crippen molar-refractivity contribution in [2.45, 2.75) is 19.9 Å². The minimum Gasteiger partial charge on any atom is -0.497 e. The van der Waals surface area contributed by atoms with Crippen LogP contribution in [0.4, 0.5) is 5.69 Å². The second-order valence-electron chi connectivity index (χ2n) is 3.92. The molecule has 0 bridgehead atoms. The Kier molecular flexibility index (Phi) is 3.32. The number of nitrogen functional groups attached to an aromatic ring is 1. The van der Waals surface area contributed by atoms with Gasteiger partial charge < -0.3 is 10.5 Å². The fourth-order valence-corrected chi connectivity index (χ4v) is 1.75. The molecule has 2 N–H and O–H groups in total. The SMILES string of the molecule is CCCn1cc(N)c(-c2ccc(OC)cc2)n1. The van der Waals surface area contributed by atoms with E-state index in [0.717, 1.165) is 30.0 Å². The number of nitrogens with zero attached hydrogens (tertiary/aromatic N) is 2. The molecule has 0 aliphatic heterocycles. The van der Waals surface area contributed by atoms with Crippen LogP contribution in [0.1, 0.15) is 13.3 Å². The first-order valence-corrected chi connectivity index (χ1v) is 5.72. The second-order valence-corrected chi connectivity index (χ2v) is 3.92. The Labute approximate surface area is 101 Å². The number of rotatable bonds is 4. The monoisotopic (exact) mass is 231 g/mol. The lowest BCUT2D eigenvalue weighted by Crippen LogP contribution is -1.96. The highest BCUT2D eigenvalue weighted by Gasteiger charge is 2.08. The van der Waals surface area contributed by atoms with E-state index in [9.17, 15) is 0 Å². The van der Waals surface area contributed by atoms with E-state index in [4.69, 9.17) is 10.5 Å². The molecule has 4 heteroatoms. The third-order valence-electron chi connectivity index (χ3n) is 2.61. The molecule has 0 saturated heterocycles. The first-order chi connectivity index (χ1) is 8.24. The van der Waals surface area contributed by atoms with Crippen LogP contribution in [0, 0.1) is 0 Å². The number of aryl methyl sites for hydroxylation is 1. The summed E-state index contributed by atoms with van der Waals surface area (Å²) in [5.41, 5.74) is 8.52. The van der Waals surface area contributed by atoms with Gasteiger partial charge in [0.1, 0.15) is 11.4 Å². The molecule has 90 valence electrons. The highest BCUT2D eigenvalue weighted by molar-refractivity contribution is 5.72. The van der Waals surface area contributed by atoms with Gasteiger partial charge in [-0.05, 0) is 30.7 Å². The van der Waals surface area contributed by atoms with E-state index in [0.29, 0.717) is 5.69 Å². The second kappa shape index (κ2) is 4.91. The lowest BCUT2D eigenvalue weighted by molar-refractivity contribution is 0.415. The Morgan fingerprint density at radius 3 is 2.59 bits per heavy atom. The maximum Gasteiger partial charge on any atom is 0.118 e. The molecule has 1 aromatic carbocycles. The third kappa shape index (κ3) is 2.41. The average molecular weight is 231 g/mol. The number of nitrogens with two attached hydrogens (primary N) is 1. The van der Waals surface area contributed by atoms with E-state index in [2.05, 4.69) is 12.0 Å². The molecule has 0 atom stereocenters. The molecule has 0 spiro atoms. The maximum atomic E-state index is 5.96. The lowest BCUT2D eigenvalue weighted by Gasteiger charge is -2.01. The van der Waals surface area contributed by atoms with Crippen molar-refractivity contribution in [3.05, 3.63) is 30.5 Å². The Bertz CT molecular complexity index is 488. The number of anilines is 1. The van der Waals surface area contributed by atoms with E-state index >= 15 is 0 Å².